The van der Waals surface area contributed by atoms with Gasteiger partial charge in [-0.3, -0.25) is 0 Å². The predicted molar refractivity (Wildman–Crippen MR) is 81.0 cm³/mol. The molecule has 7 heteroatoms. The van der Waals surface area contributed by atoms with E-state index in [9.17, 15) is 4.79 Å². The third kappa shape index (κ3) is 5.54. The van der Waals surface area contributed by atoms with Crippen LogP contribution >= 0.6 is 27.5 Å². The molecule has 0 saturated carbocycles. The van der Waals surface area contributed by atoms with Gasteiger partial charge in [-0.05, 0) is 41.3 Å². The summed E-state index contributed by atoms with van der Waals surface area (Å²) in [6.07, 6.45) is 1.37. The molecular weight excluding hydrogens is 348 g/mol. The lowest BCUT2D eigenvalue weighted by atomic mass is 9.95. The average molecular weight is 366 g/mol. The molecule has 0 radical (unpaired) electrons. The molecule has 2 N–H and O–H groups in total. The van der Waals surface area contributed by atoms with E-state index in [4.69, 9.17) is 26.8 Å². The van der Waals surface area contributed by atoms with Gasteiger partial charge in [-0.1, -0.05) is 25.4 Å². The molecule has 1 aromatic rings. The number of hydrogen-bond acceptors (Lipinski definition) is 4. The second-order valence-corrected chi connectivity index (χ2v) is 6.52. The molecule has 0 aliphatic carbocycles. The molecule has 0 bridgehead atoms. The zero-order chi connectivity index (χ0) is 15.3. The number of hydrogen-bond donors (Lipinski definition) is 1. The van der Waals surface area contributed by atoms with Crippen molar-refractivity contribution >= 4 is 33.6 Å². The summed E-state index contributed by atoms with van der Waals surface area (Å²) >= 11 is 9.28. The molecular formula is C13H18BrClN2O3. The second kappa shape index (κ2) is 7.13. The fourth-order valence-electron chi connectivity index (χ4n) is 1.97. The van der Waals surface area contributed by atoms with Crippen LogP contribution < -0.4 is 10.5 Å². The van der Waals surface area contributed by atoms with Crippen LogP contribution in [0.2, 0.25) is 5.02 Å². The zero-order valence-electron chi connectivity index (χ0n) is 11.7. The first-order chi connectivity index (χ1) is 9.22. The molecule has 5 nitrogen and oxygen atoms in total. The summed E-state index contributed by atoms with van der Waals surface area (Å²) in [6.45, 7) is 5.94. The molecule has 1 aromatic heterocycles. The first kappa shape index (κ1) is 17.0. The van der Waals surface area contributed by atoms with Crippen LogP contribution in [0.15, 0.2) is 16.7 Å². The Kier molecular flexibility index (Phi) is 6.07. The van der Waals surface area contributed by atoms with Gasteiger partial charge >= 0.3 is 6.09 Å². The molecule has 1 atom stereocenters. The van der Waals surface area contributed by atoms with Crippen LogP contribution in [0.4, 0.5) is 4.79 Å². The Morgan fingerprint density at radius 2 is 2.25 bits per heavy atom. The third-order valence-electron chi connectivity index (χ3n) is 2.48. The number of amides is 1. The number of nitrogens with two attached hydrogens (primary N) is 1. The van der Waals surface area contributed by atoms with Gasteiger partial charge in [0.05, 0.1) is 0 Å². The highest BCUT2D eigenvalue weighted by atomic mass is 79.9. The molecule has 0 aliphatic rings. The van der Waals surface area contributed by atoms with Crippen molar-refractivity contribution in [2.75, 3.05) is 6.61 Å². The van der Waals surface area contributed by atoms with Crippen molar-refractivity contribution in [3.05, 3.63) is 21.8 Å². The van der Waals surface area contributed by atoms with Gasteiger partial charge in [0.25, 0.3) is 0 Å². The molecule has 20 heavy (non-hydrogen) atoms. The van der Waals surface area contributed by atoms with E-state index in [1.165, 1.54) is 0 Å². The van der Waals surface area contributed by atoms with Gasteiger partial charge in [0, 0.05) is 10.7 Å². The van der Waals surface area contributed by atoms with E-state index in [0.717, 1.165) is 4.47 Å². The smallest absolute Gasteiger partial charge is 0.405 e. The van der Waals surface area contributed by atoms with E-state index in [1.807, 2.05) is 13.8 Å². The molecule has 0 aliphatic heterocycles. The highest BCUT2D eigenvalue weighted by Gasteiger charge is 2.31. The van der Waals surface area contributed by atoms with E-state index in [1.54, 1.807) is 19.2 Å². The first-order valence-electron chi connectivity index (χ1n) is 6.14. The second-order valence-electron chi connectivity index (χ2n) is 5.20. The van der Waals surface area contributed by atoms with Crippen molar-refractivity contribution in [3.63, 3.8) is 0 Å². The van der Waals surface area contributed by atoms with Crippen LogP contribution in [0.1, 0.15) is 27.2 Å². The van der Waals surface area contributed by atoms with Gasteiger partial charge in [0.2, 0.25) is 5.88 Å². The number of pyridine rings is 1. The zero-order valence-corrected chi connectivity index (χ0v) is 14.0. The topological polar surface area (TPSA) is 74.4 Å². The number of carbonyl (C=O) groups is 1. The van der Waals surface area contributed by atoms with Crippen molar-refractivity contribution in [3.8, 4) is 5.88 Å². The Morgan fingerprint density at radius 3 is 2.75 bits per heavy atom. The van der Waals surface area contributed by atoms with Crippen molar-refractivity contribution < 1.29 is 14.3 Å². The van der Waals surface area contributed by atoms with Gasteiger partial charge in [-0.15, -0.1) is 0 Å². The van der Waals surface area contributed by atoms with Crippen LogP contribution in [0, 0.1) is 5.92 Å². The Bertz CT molecular complexity index is 485. The predicted octanol–water partition coefficient (Wildman–Crippen LogP) is 3.78. The highest BCUT2D eigenvalue weighted by molar-refractivity contribution is 9.10. The van der Waals surface area contributed by atoms with Gasteiger partial charge in [-0.2, -0.15) is 0 Å². The number of nitrogens with zero attached hydrogens (tertiary/aromatic N) is 1. The summed E-state index contributed by atoms with van der Waals surface area (Å²) in [6, 6.07) is 1.68. The minimum absolute atomic E-state index is 0.127. The van der Waals surface area contributed by atoms with Crippen LogP contribution in [0.5, 0.6) is 5.88 Å². The largest absolute Gasteiger partial charge is 0.472 e. The lowest BCUT2D eigenvalue weighted by molar-refractivity contribution is -0.0196. The fourth-order valence-corrected chi connectivity index (χ4v) is 2.65. The summed E-state index contributed by atoms with van der Waals surface area (Å²) in [5.41, 5.74) is 4.29. The summed E-state index contributed by atoms with van der Waals surface area (Å²) in [4.78, 5) is 15.1. The van der Waals surface area contributed by atoms with E-state index < -0.39 is 11.7 Å². The molecule has 0 unspecified atom stereocenters. The van der Waals surface area contributed by atoms with Crippen LogP contribution in [-0.2, 0) is 4.74 Å². The molecule has 0 spiro atoms. The standard InChI is InChI=1S/C13H18BrClN2O3/c1-8(2)5-13(3,20-12(16)18)7-19-11-10(15)4-9(14)6-17-11/h4,6,8H,5,7H2,1-3H3,(H2,16,18)/t13-/m0/s1. The lowest BCUT2D eigenvalue weighted by Crippen LogP contribution is -2.41. The van der Waals surface area contributed by atoms with Gasteiger partial charge < -0.3 is 15.2 Å². The highest BCUT2D eigenvalue weighted by Crippen LogP contribution is 2.27. The van der Waals surface area contributed by atoms with E-state index in [2.05, 4.69) is 20.9 Å². The molecule has 0 aromatic carbocycles. The van der Waals surface area contributed by atoms with E-state index >= 15 is 0 Å². The van der Waals surface area contributed by atoms with Gasteiger partial charge in [0.15, 0.2) is 0 Å². The van der Waals surface area contributed by atoms with E-state index in [0.29, 0.717) is 17.4 Å². The lowest BCUT2D eigenvalue weighted by Gasteiger charge is -2.30. The molecule has 0 saturated heterocycles. The fraction of sp³-hybridized carbons (Fsp3) is 0.538. The first-order valence-corrected chi connectivity index (χ1v) is 7.31. The summed E-state index contributed by atoms with van der Waals surface area (Å²) < 4.78 is 11.5. The molecule has 1 heterocycles. The quantitative estimate of drug-likeness (QED) is 0.832. The van der Waals surface area contributed by atoms with E-state index in [-0.39, 0.29) is 12.5 Å². The maximum absolute atomic E-state index is 11.0. The number of ether oxygens (including phenoxy) is 2. The van der Waals surface area contributed by atoms with Crippen LogP contribution in [-0.4, -0.2) is 23.3 Å². The normalized spacial score (nSPS) is 13.9. The summed E-state index contributed by atoms with van der Waals surface area (Å²) in [7, 11) is 0. The summed E-state index contributed by atoms with van der Waals surface area (Å²) in [5, 5.41) is 0.380. The Balaban J connectivity index is 2.77. The third-order valence-corrected chi connectivity index (χ3v) is 3.18. The van der Waals surface area contributed by atoms with Crippen molar-refractivity contribution in [2.45, 2.75) is 32.8 Å². The number of halogens is 2. The van der Waals surface area contributed by atoms with Crippen LogP contribution in [0.25, 0.3) is 0 Å². The average Bonchev–Trinajstić information content (AvgIpc) is 2.25. The van der Waals surface area contributed by atoms with Crippen molar-refractivity contribution in [2.24, 2.45) is 11.7 Å². The monoisotopic (exact) mass is 364 g/mol. The SMILES string of the molecule is CC(C)C[C@@](C)(COc1ncc(Br)cc1Cl)OC(N)=O. The van der Waals surface area contributed by atoms with Crippen molar-refractivity contribution in [1.82, 2.24) is 4.98 Å². The molecule has 0 fully saturated rings. The Labute approximate surface area is 131 Å². The molecule has 1 amide bonds. The van der Waals surface area contributed by atoms with Crippen molar-refractivity contribution in [1.29, 1.82) is 0 Å². The maximum atomic E-state index is 11.0. The number of primary amides is 1. The minimum Gasteiger partial charge on any atom is -0.472 e. The minimum atomic E-state index is -0.827. The number of aromatic nitrogens is 1. The number of carbonyl (C=O) groups excluding carboxylic acids is 1. The molecule has 1 rings (SSSR count). The van der Waals surface area contributed by atoms with Gasteiger partial charge in [0.1, 0.15) is 17.2 Å². The van der Waals surface area contributed by atoms with Gasteiger partial charge in [-0.25, -0.2) is 9.78 Å². The summed E-state index contributed by atoms with van der Waals surface area (Å²) in [5.74, 6) is 0.606. The van der Waals surface area contributed by atoms with Crippen LogP contribution in [0.3, 0.4) is 0 Å². The Hall–Kier alpha value is -1.01. The number of rotatable bonds is 6. The Morgan fingerprint density at radius 1 is 1.60 bits per heavy atom. The maximum Gasteiger partial charge on any atom is 0.405 e. The molecule has 112 valence electrons.